The van der Waals surface area contributed by atoms with E-state index in [2.05, 4.69) is 0 Å². The number of hydrogen-bond acceptors (Lipinski definition) is 3. The minimum Gasteiger partial charge on any atom is -0.489 e. The Morgan fingerprint density at radius 2 is 1.96 bits per heavy atom. The molecule has 25 heavy (non-hydrogen) atoms. The number of carbonyl (C=O) groups is 1. The molecule has 0 bridgehead atoms. The fourth-order valence-corrected chi connectivity index (χ4v) is 4.44. The third kappa shape index (κ3) is 3.76. The first-order valence-electron chi connectivity index (χ1n) is 7.65. The highest BCUT2D eigenvalue weighted by molar-refractivity contribution is 7.17. The Hall–Kier alpha value is -1.75. The van der Waals surface area contributed by atoms with Gasteiger partial charge < -0.3 is 9.84 Å². The van der Waals surface area contributed by atoms with Crippen molar-refractivity contribution >= 4 is 50.6 Å². The van der Waals surface area contributed by atoms with Crippen LogP contribution in [-0.2, 0) is 17.8 Å². The van der Waals surface area contributed by atoms with Crippen LogP contribution in [0.5, 0.6) is 5.75 Å². The molecule has 6 heteroatoms. The average molecular weight is 395 g/mol. The third-order valence-corrected chi connectivity index (χ3v) is 5.79. The summed E-state index contributed by atoms with van der Waals surface area (Å²) in [5.74, 6) is -0.0470. The molecular weight excluding hydrogens is 379 g/mol. The van der Waals surface area contributed by atoms with Crippen molar-refractivity contribution in [2.75, 3.05) is 0 Å². The largest absolute Gasteiger partial charge is 0.489 e. The second-order valence-corrected chi connectivity index (χ2v) is 7.60. The summed E-state index contributed by atoms with van der Waals surface area (Å²) >= 11 is 13.7. The van der Waals surface area contributed by atoms with Gasteiger partial charge in [0.1, 0.15) is 12.4 Å². The van der Waals surface area contributed by atoms with Gasteiger partial charge in [-0.1, -0.05) is 29.3 Å². The van der Waals surface area contributed by atoms with E-state index < -0.39 is 5.97 Å². The van der Waals surface area contributed by atoms with Crippen molar-refractivity contribution in [2.45, 2.75) is 26.9 Å². The quantitative estimate of drug-likeness (QED) is 0.574. The van der Waals surface area contributed by atoms with Crippen molar-refractivity contribution in [1.29, 1.82) is 0 Å². The molecule has 1 aromatic heterocycles. The zero-order valence-electron chi connectivity index (χ0n) is 13.7. The van der Waals surface area contributed by atoms with E-state index in [-0.39, 0.29) is 6.42 Å². The minimum atomic E-state index is -0.825. The van der Waals surface area contributed by atoms with Crippen LogP contribution in [-0.4, -0.2) is 11.1 Å². The van der Waals surface area contributed by atoms with Gasteiger partial charge in [-0.3, -0.25) is 4.79 Å². The molecule has 1 heterocycles. The molecule has 0 radical (unpaired) electrons. The van der Waals surface area contributed by atoms with E-state index in [9.17, 15) is 4.79 Å². The number of halogens is 2. The lowest BCUT2D eigenvalue weighted by Crippen LogP contribution is -2.01. The molecule has 0 amide bonds. The molecule has 0 atom stereocenters. The van der Waals surface area contributed by atoms with Crippen molar-refractivity contribution in [3.8, 4) is 5.75 Å². The summed E-state index contributed by atoms with van der Waals surface area (Å²) in [5, 5.41) is 13.2. The second kappa shape index (κ2) is 7.24. The Bertz CT molecular complexity index is 963. The van der Waals surface area contributed by atoms with Crippen molar-refractivity contribution < 1.29 is 14.6 Å². The Morgan fingerprint density at radius 3 is 2.64 bits per heavy atom. The van der Waals surface area contributed by atoms with E-state index in [1.54, 1.807) is 23.5 Å². The smallest absolute Gasteiger partial charge is 0.307 e. The number of ether oxygens (including phenoxy) is 1. The number of benzene rings is 2. The van der Waals surface area contributed by atoms with Crippen LogP contribution >= 0.6 is 34.5 Å². The highest BCUT2D eigenvalue weighted by Crippen LogP contribution is 2.37. The number of rotatable bonds is 5. The third-order valence-electron chi connectivity index (χ3n) is 4.06. The lowest BCUT2D eigenvalue weighted by molar-refractivity contribution is -0.136. The summed E-state index contributed by atoms with van der Waals surface area (Å²) in [6, 6.07) is 7.28. The van der Waals surface area contributed by atoms with Crippen LogP contribution < -0.4 is 4.74 Å². The standard InChI is InChI=1S/C19H16Cl2O3S/c1-10-5-16(24-8-12-3-4-14(20)7-15(12)21)11(2)19-18(10)13(9-25-19)6-17(22)23/h3-5,7,9H,6,8H2,1-2H3,(H,22,23). The van der Waals surface area contributed by atoms with Gasteiger partial charge >= 0.3 is 5.97 Å². The van der Waals surface area contributed by atoms with Crippen LogP contribution in [0.3, 0.4) is 0 Å². The van der Waals surface area contributed by atoms with Crippen molar-refractivity contribution in [2.24, 2.45) is 0 Å². The summed E-state index contributed by atoms with van der Waals surface area (Å²) in [6.45, 7) is 4.30. The van der Waals surface area contributed by atoms with E-state index in [0.717, 1.165) is 38.1 Å². The van der Waals surface area contributed by atoms with Gasteiger partial charge in [0.25, 0.3) is 0 Å². The summed E-state index contributed by atoms with van der Waals surface area (Å²) in [7, 11) is 0. The molecule has 0 saturated carbocycles. The van der Waals surface area contributed by atoms with Gasteiger partial charge in [-0.15, -0.1) is 11.3 Å². The fraction of sp³-hybridized carbons (Fsp3) is 0.211. The van der Waals surface area contributed by atoms with Gasteiger partial charge in [0.05, 0.1) is 6.42 Å². The normalized spacial score (nSPS) is 11.0. The monoisotopic (exact) mass is 394 g/mol. The molecule has 0 saturated heterocycles. The summed E-state index contributed by atoms with van der Waals surface area (Å²) in [5.41, 5.74) is 3.73. The maximum Gasteiger partial charge on any atom is 0.307 e. The number of carboxylic acids is 1. The predicted octanol–water partition coefficient (Wildman–Crippen LogP) is 6.03. The van der Waals surface area contributed by atoms with Gasteiger partial charge in [-0.25, -0.2) is 0 Å². The van der Waals surface area contributed by atoms with Gasteiger partial charge in [-0.2, -0.15) is 0 Å². The molecule has 1 N–H and O–H groups in total. The first-order valence-corrected chi connectivity index (χ1v) is 9.29. The molecular formula is C19H16Cl2O3S. The predicted molar refractivity (Wildman–Crippen MR) is 103 cm³/mol. The molecule has 0 unspecified atom stereocenters. The van der Waals surface area contributed by atoms with Crippen molar-refractivity contribution in [3.63, 3.8) is 0 Å². The topological polar surface area (TPSA) is 46.5 Å². The Labute approximate surface area is 159 Å². The molecule has 2 aromatic carbocycles. The number of aryl methyl sites for hydroxylation is 2. The Kier molecular flexibility index (Phi) is 5.23. The summed E-state index contributed by atoms with van der Waals surface area (Å²) in [4.78, 5) is 11.0. The van der Waals surface area contributed by atoms with Gasteiger partial charge in [0, 0.05) is 25.9 Å². The summed E-state index contributed by atoms with van der Waals surface area (Å²) in [6.07, 6.45) is 0.0286. The molecule has 0 aliphatic rings. The fourth-order valence-electron chi connectivity index (χ4n) is 2.83. The van der Waals surface area contributed by atoms with Crippen molar-refractivity contribution in [1.82, 2.24) is 0 Å². The maximum absolute atomic E-state index is 11.0. The lowest BCUT2D eigenvalue weighted by Gasteiger charge is -2.13. The average Bonchev–Trinajstić information content (AvgIpc) is 2.94. The van der Waals surface area contributed by atoms with Crippen molar-refractivity contribution in [3.05, 3.63) is 61.9 Å². The molecule has 3 aromatic rings. The van der Waals surface area contributed by atoms with Crippen LogP contribution in [0.2, 0.25) is 10.0 Å². The number of thiophene rings is 1. The number of fused-ring (bicyclic) bond motifs is 1. The van der Waals surface area contributed by atoms with Crippen LogP contribution in [0.25, 0.3) is 10.1 Å². The van der Waals surface area contributed by atoms with Gasteiger partial charge in [0.15, 0.2) is 0 Å². The molecule has 0 aliphatic heterocycles. The first kappa shape index (κ1) is 18.1. The molecule has 3 nitrogen and oxygen atoms in total. The van der Waals surface area contributed by atoms with E-state index in [1.807, 2.05) is 31.4 Å². The van der Waals surface area contributed by atoms with Crippen LogP contribution in [0.4, 0.5) is 0 Å². The highest BCUT2D eigenvalue weighted by Gasteiger charge is 2.15. The minimum absolute atomic E-state index is 0.0286. The molecule has 3 rings (SSSR count). The van der Waals surface area contributed by atoms with Gasteiger partial charge in [0.2, 0.25) is 0 Å². The first-order chi connectivity index (χ1) is 11.9. The lowest BCUT2D eigenvalue weighted by atomic mass is 10.0. The van der Waals surface area contributed by atoms with Gasteiger partial charge in [-0.05, 0) is 53.9 Å². The van der Waals surface area contributed by atoms with Crippen LogP contribution in [0, 0.1) is 13.8 Å². The molecule has 130 valence electrons. The second-order valence-electron chi connectivity index (χ2n) is 5.88. The molecule has 0 spiro atoms. The number of aliphatic carboxylic acids is 1. The van der Waals surface area contributed by atoms with E-state index in [4.69, 9.17) is 33.0 Å². The Balaban J connectivity index is 1.92. The van der Waals surface area contributed by atoms with E-state index in [1.165, 1.54) is 0 Å². The maximum atomic E-state index is 11.0. The molecule has 0 fully saturated rings. The highest BCUT2D eigenvalue weighted by atomic mass is 35.5. The van der Waals surface area contributed by atoms with E-state index in [0.29, 0.717) is 16.7 Å². The number of hydrogen-bond donors (Lipinski definition) is 1. The Morgan fingerprint density at radius 1 is 1.20 bits per heavy atom. The zero-order chi connectivity index (χ0) is 18.1. The van der Waals surface area contributed by atoms with Crippen LogP contribution in [0.1, 0.15) is 22.3 Å². The van der Waals surface area contributed by atoms with E-state index >= 15 is 0 Å². The molecule has 0 aliphatic carbocycles. The van der Waals surface area contributed by atoms with Crippen LogP contribution in [0.15, 0.2) is 29.6 Å². The number of carboxylic acid groups (broad SMARTS) is 1. The SMILES string of the molecule is Cc1c(OCc2ccc(Cl)cc2Cl)cc(C)c2c(CC(=O)O)csc12. The zero-order valence-corrected chi connectivity index (χ0v) is 16.1. The summed E-state index contributed by atoms with van der Waals surface area (Å²) < 4.78 is 7.05.